The highest BCUT2D eigenvalue weighted by Crippen LogP contribution is 2.35. The highest BCUT2D eigenvalue weighted by molar-refractivity contribution is 6.32. The molecule has 0 aromatic heterocycles. The number of hydrogen-bond acceptors (Lipinski definition) is 3. The Bertz CT molecular complexity index is 467. The van der Waals surface area contributed by atoms with Crippen molar-refractivity contribution in [1.29, 1.82) is 0 Å². The lowest BCUT2D eigenvalue weighted by atomic mass is 9.94. The van der Waals surface area contributed by atoms with E-state index in [2.05, 4.69) is 24.1 Å². The van der Waals surface area contributed by atoms with E-state index in [1.807, 2.05) is 13.0 Å². The van der Waals surface area contributed by atoms with Crippen molar-refractivity contribution in [2.45, 2.75) is 33.2 Å². The molecule has 1 aliphatic rings. The Morgan fingerprint density at radius 3 is 2.55 bits per heavy atom. The van der Waals surface area contributed by atoms with Crippen LogP contribution in [-0.4, -0.2) is 37.7 Å². The van der Waals surface area contributed by atoms with Gasteiger partial charge < -0.3 is 10.1 Å². The van der Waals surface area contributed by atoms with Gasteiger partial charge in [0.1, 0.15) is 0 Å². The van der Waals surface area contributed by atoms with E-state index in [0.29, 0.717) is 17.5 Å². The molecule has 1 fully saturated rings. The minimum Gasteiger partial charge on any atom is -0.489 e. The molecule has 0 radical (unpaired) electrons. The van der Waals surface area contributed by atoms with Gasteiger partial charge in [0, 0.05) is 32.2 Å². The topological polar surface area (TPSA) is 24.5 Å². The van der Waals surface area contributed by atoms with Gasteiger partial charge in [-0.1, -0.05) is 25.4 Å². The number of piperazine rings is 1. The first kappa shape index (κ1) is 17.5. The van der Waals surface area contributed by atoms with E-state index in [0.717, 1.165) is 38.2 Å². The fourth-order valence-corrected chi connectivity index (χ4v) is 3.26. The molecule has 124 valence electrons. The minimum absolute atomic E-state index is 0.163. The summed E-state index contributed by atoms with van der Waals surface area (Å²) in [7, 11) is 0. The smallest absolute Gasteiger partial charge is 0.173 e. The number of nitrogens with one attached hydrogen (secondary N) is 1. The van der Waals surface area contributed by atoms with Crippen molar-refractivity contribution in [2.75, 3.05) is 32.8 Å². The van der Waals surface area contributed by atoms with Crippen molar-refractivity contribution in [3.63, 3.8) is 0 Å². The molecule has 2 rings (SSSR count). The summed E-state index contributed by atoms with van der Waals surface area (Å²) in [5.41, 5.74) is 0.946. The number of benzene rings is 1. The molecule has 0 amide bonds. The SMILES string of the molecule is CCOc1c(F)cc([C@H](CC(C)C)N2CCNCC2)cc1Cl. The fourth-order valence-electron chi connectivity index (χ4n) is 2.99. The lowest BCUT2D eigenvalue weighted by molar-refractivity contribution is 0.153. The molecule has 0 saturated carbocycles. The zero-order chi connectivity index (χ0) is 16.1. The van der Waals surface area contributed by atoms with Gasteiger partial charge in [-0.05, 0) is 37.0 Å². The largest absolute Gasteiger partial charge is 0.489 e. The first-order chi connectivity index (χ1) is 10.5. The summed E-state index contributed by atoms with van der Waals surface area (Å²) in [6.07, 6.45) is 0.990. The van der Waals surface area contributed by atoms with Crippen LogP contribution < -0.4 is 10.1 Å². The third-order valence-corrected chi connectivity index (χ3v) is 4.26. The van der Waals surface area contributed by atoms with Crippen LogP contribution in [0.4, 0.5) is 4.39 Å². The maximum Gasteiger partial charge on any atom is 0.173 e. The average molecular weight is 329 g/mol. The molecule has 1 saturated heterocycles. The first-order valence-corrected chi connectivity index (χ1v) is 8.47. The van der Waals surface area contributed by atoms with Gasteiger partial charge in [-0.3, -0.25) is 4.90 Å². The van der Waals surface area contributed by atoms with Gasteiger partial charge in [-0.2, -0.15) is 0 Å². The third kappa shape index (κ3) is 4.34. The van der Waals surface area contributed by atoms with Gasteiger partial charge in [-0.25, -0.2) is 4.39 Å². The van der Waals surface area contributed by atoms with E-state index in [4.69, 9.17) is 16.3 Å². The van der Waals surface area contributed by atoms with Crippen LogP contribution in [-0.2, 0) is 0 Å². The Balaban J connectivity index is 2.30. The summed E-state index contributed by atoms with van der Waals surface area (Å²) in [6.45, 7) is 10.5. The molecule has 0 bridgehead atoms. The Labute approximate surface area is 137 Å². The zero-order valence-electron chi connectivity index (χ0n) is 13.7. The molecule has 1 aromatic carbocycles. The molecule has 3 nitrogen and oxygen atoms in total. The van der Waals surface area contributed by atoms with E-state index < -0.39 is 0 Å². The van der Waals surface area contributed by atoms with Crippen molar-refractivity contribution >= 4 is 11.6 Å². The maximum atomic E-state index is 14.3. The Morgan fingerprint density at radius 1 is 1.32 bits per heavy atom. The monoisotopic (exact) mass is 328 g/mol. The van der Waals surface area contributed by atoms with Crippen LogP contribution in [0.1, 0.15) is 38.8 Å². The Hall–Kier alpha value is -0.840. The van der Waals surface area contributed by atoms with E-state index >= 15 is 0 Å². The van der Waals surface area contributed by atoms with Gasteiger partial charge in [0.25, 0.3) is 0 Å². The normalized spacial score (nSPS) is 17.7. The van der Waals surface area contributed by atoms with Gasteiger partial charge in [0.15, 0.2) is 11.6 Å². The summed E-state index contributed by atoms with van der Waals surface area (Å²) in [4.78, 5) is 2.42. The summed E-state index contributed by atoms with van der Waals surface area (Å²) in [5, 5.41) is 3.72. The quantitative estimate of drug-likeness (QED) is 0.858. The molecule has 0 unspecified atom stereocenters. The third-order valence-electron chi connectivity index (χ3n) is 3.98. The molecule has 0 aliphatic carbocycles. The van der Waals surface area contributed by atoms with Crippen LogP contribution in [0.25, 0.3) is 0 Å². The predicted octanol–water partition coefficient (Wildman–Crippen LogP) is 3.87. The highest BCUT2D eigenvalue weighted by atomic mass is 35.5. The van der Waals surface area contributed by atoms with Crippen LogP contribution in [0.5, 0.6) is 5.75 Å². The number of ether oxygens (including phenoxy) is 1. The molecule has 1 heterocycles. The summed E-state index contributed by atoms with van der Waals surface area (Å²) >= 11 is 6.24. The number of nitrogens with zero attached hydrogens (tertiary/aromatic N) is 1. The minimum atomic E-state index is -0.367. The van der Waals surface area contributed by atoms with Gasteiger partial charge >= 0.3 is 0 Å². The van der Waals surface area contributed by atoms with Gasteiger partial charge in [0.2, 0.25) is 0 Å². The van der Waals surface area contributed by atoms with Crippen molar-refractivity contribution < 1.29 is 9.13 Å². The summed E-state index contributed by atoms with van der Waals surface area (Å²) < 4.78 is 19.6. The molecular formula is C17H26ClFN2O. The lowest BCUT2D eigenvalue weighted by Gasteiger charge is -2.36. The molecule has 0 spiro atoms. The predicted molar refractivity (Wildman–Crippen MR) is 89.2 cm³/mol. The number of hydrogen-bond donors (Lipinski definition) is 1. The highest BCUT2D eigenvalue weighted by Gasteiger charge is 2.25. The molecule has 1 aromatic rings. The summed E-state index contributed by atoms with van der Waals surface area (Å²) in [5.74, 6) is 0.332. The van der Waals surface area contributed by atoms with Crippen molar-refractivity contribution in [2.24, 2.45) is 5.92 Å². The molecule has 1 aliphatic heterocycles. The fraction of sp³-hybridized carbons (Fsp3) is 0.647. The Kier molecular flexibility index (Phi) is 6.48. The van der Waals surface area contributed by atoms with Gasteiger partial charge in [-0.15, -0.1) is 0 Å². The van der Waals surface area contributed by atoms with E-state index in [1.165, 1.54) is 0 Å². The van der Waals surface area contributed by atoms with Crippen LogP contribution in [0.3, 0.4) is 0 Å². The first-order valence-electron chi connectivity index (χ1n) is 8.09. The van der Waals surface area contributed by atoms with Crippen molar-refractivity contribution in [3.8, 4) is 5.75 Å². The lowest BCUT2D eigenvalue weighted by Crippen LogP contribution is -2.45. The number of halogens is 2. The second kappa shape index (κ2) is 8.14. The molecule has 1 atom stereocenters. The number of rotatable bonds is 6. The standard InChI is InChI=1S/C17H26ClFN2O/c1-4-22-17-14(18)10-13(11-15(17)19)16(9-12(2)3)21-7-5-20-6-8-21/h10-12,16,20H,4-9H2,1-3H3/t16-/m0/s1. The van der Waals surface area contributed by atoms with Gasteiger partial charge in [0.05, 0.1) is 11.6 Å². The summed E-state index contributed by atoms with van der Waals surface area (Å²) in [6, 6.07) is 3.65. The molecule has 1 N–H and O–H groups in total. The van der Waals surface area contributed by atoms with Crippen LogP contribution in [0.15, 0.2) is 12.1 Å². The molecule has 22 heavy (non-hydrogen) atoms. The average Bonchev–Trinajstić information content (AvgIpc) is 2.49. The zero-order valence-corrected chi connectivity index (χ0v) is 14.4. The van der Waals surface area contributed by atoms with Crippen LogP contribution in [0, 0.1) is 11.7 Å². The van der Waals surface area contributed by atoms with Crippen LogP contribution in [0.2, 0.25) is 5.02 Å². The van der Waals surface area contributed by atoms with E-state index in [9.17, 15) is 4.39 Å². The van der Waals surface area contributed by atoms with E-state index in [1.54, 1.807) is 6.07 Å². The van der Waals surface area contributed by atoms with Crippen LogP contribution >= 0.6 is 11.6 Å². The second-order valence-electron chi connectivity index (χ2n) is 6.18. The second-order valence-corrected chi connectivity index (χ2v) is 6.59. The Morgan fingerprint density at radius 2 is 2.00 bits per heavy atom. The van der Waals surface area contributed by atoms with Crippen molar-refractivity contribution in [3.05, 3.63) is 28.5 Å². The molecule has 5 heteroatoms. The maximum absolute atomic E-state index is 14.3. The molecular weight excluding hydrogens is 303 g/mol. The van der Waals surface area contributed by atoms with Crippen molar-refractivity contribution in [1.82, 2.24) is 10.2 Å². The van der Waals surface area contributed by atoms with E-state index in [-0.39, 0.29) is 17.6 Å².